The van der Waals surface area contributed by atoms with E-state index < -0.39 is 0 Å². The molecular weight excluding hydrogens is 212 g/mol. The summed E-state index contributed by atoms with van der Waals surface area (Å²) in [6.07, 6.45) is 10.4. The summed E-state index contributed by atoms with van der Waals surface area (Å²) in [6.45, 7) is 8.64. The van der Waals surface area contributed by atoms with Crippen LogP contribution in [-0.2, 0) is 9.53 Å². The van der Waals surface area contributed by atoms with E-state index in [2.05, 4.69) is 26.0 Å². The van der Waals surface area contributed by atoms with Gasteiger partial charge in [-0.25, -0.2) is 0 Å². The van der Waals surface area contributed by atoms with Crippen LogP contribution in [0.1, 0.15) is 59.8 Å². The lowest BCUT2D eigenvalue weighted by Gasteiger charge is -2.13. The molecule has 0 heterocycles. The maximum Gasteiger partial charge on any atom is 0.308 e. The second-order valence-electron chi connectivity index (χ2n) is 4.79. The van der Waals surface area contributed by atoms with Gasteiger partial charge in [0.25, 0.3) is 0 Å². The molecule has 0 aliphatic carbocycles. The molecule has 0 aromatic rings. The van der Waals surface area contributed by atoms with Crippen molar-refractivity contribution >= 4 is 5.97 Å². The summed E-state index contributed by atoms with van der Waals surface area (Å²) in [5, 5.41) is 0. The first-order chi connectivity index (χ1) is 8.11. The lowest BCUT2D eigenvalue weighted by molar-refractivity contribution is -0.147. The summed E-state index contributed by atoms with van der Waals surface area (Å²) in [6, 6.07) is 0. The molecule has 17 heavy (non-hydrogen) atoms. The maximum atomic E-state index is 11.4. The molecule has 0 fully saturated rings. The average Bonchev–Trinajstić information content (AvgIpc) is 2.29. The fourth-order valence-corrected chi connectivity index (χ4v) is 1.86. The number of carbonyl (C=O) groups is 1. The molecule has 0 N–H and O–H groups in total. The summed E-state index contributed by atoms with van der Waals surface area (Å²) >= 11 is 0. The van der Waals surface area contributed by atoms with E-state index in [1.165, 1.54) is 19.3 Å². The third kappa shape index (κ3) is 8.96. The SMILES string of the molecule is CCCCC/C=C\C(C)CC(C)C(=O)OCC. The Bertz CT molecular complexity index is 221. The van der Waals surface area contributed by atoms with E-state index in [1.807, 2.05) is 13.8 Å². The molecule has 0 aliphatic heterocycles. The first kappa shape index (κ1) is 16.2. The van der Waals surface area contributed by atoms with Crippen molar-refractivity contribution in [2.24, 2.45) is 11.8 Å². The molecule has 2 nitrogen and oxygen atoms in total. The van der Waals surface area contributed by atoms with Crippen molar-refractivity contribution in [1.29, 1.82) is 0 Å². The number of hydrogen-bond acceptors (Lipinski definition) is 2. The van der Waals surface area contributed by atoms with Crippen LogP contribution in [-0.4, -0.2) is 12.6 Å². The summed E-state index contributed by atoms with van der Waals surface area (Å²) in [5.41, 5.74) is 0. The number of esters is 1. The Balaban J connectivity index is 3.76. The highest BCUT2D eigenvalue weighted by Crippen LogP contribution is 2.15. The van der Waals surface area contributed by atoms with Crippen LogP contribution in [0.25, 0.3) is 0 Å². The minimum atomic E-state index is -0.0706. The van der Waals surface area contributed by atoms with Crippen LogP contribution in [0, 0.1) is 11.8 Å². The first-order valence-electron chi connectivity index (χ1n) is 6.95. The van der Waals surface area contributed by atoms with Crippen LogP contribution in [0.2, 0.25) is 0 Å². The molecule has 0 saturated heterocycles. The Labute approximate surface area is 106 Å². The molecule has 2 heteroatoms. The van der Waals surface area contributed by atoms with Gasteiger partial charge >= 0.3 is 5.97 Å². The third-order valence-corrected chi connectivity index (χ3v) is 2.85. The molecule has 0 saturated carbocycles. The Kier molecular flexibility index (Phi) is 9.89. The number of allylic oxidation sites excluding steroid dienone is 2. The smallest absolute Gasteiger partial charge is 0.308 e. The van der Waals surface area contributed by atoms with Crippen LogP contribution in [0.5, 0.6) is 0 Å². The van der Waals surface area contributed by atoms with E-state index >= 15 is 0 Å². The molecule has 100 valence electrons. The third-order valence-electron chi connectivity index (χ3n) is 2.85. The van der Waals surface area contributed by atoms with Crippen molar-refractivity contribution in [3.63, 3.8) is 0 Å². The van der Waals surface area contributed by atoms with Gasteiger partial charge in [-0.2, -0.15) is 0 Å². The minimum Gasteiger partial charge on any atom is -0.466 e. The van der Waals surface area contributed by atoms with Crippen molar-refractivity contribution in [3.8, 4) is 0 Å². The second-order valence-corrected chi connectivity index (χ2v) is 4.79. The van der Waals surface area contributed by atoms with Crippen LogP contribution in [0.15, 0.2) is 12.2 Å². The fraction of sp³-hybridized carbons (Fsp3) is 0.800. The topological polar surface area (TPSA) is 26.3 Å². The molecule has 2 unspecified atom stereocenters. The maximum absolute atomic E-state index is 11.4. The molecule has 0 radical (unpaired) electrons. The van der Waals surface area contributed by atoms with Crippen molar-refractivity contribution < 1.29 is 9.53 Å². The van der Waals surface area contributed by atoms with Gasteiger partial charge in [-0.3, -0.25) is 4.79 Å². The molecule has 0 rings (SSSR count). The quantitative estimate of drug-likeness (QED) is 0.340. The predicted molar refractivity (Wildman–Crippen MR) is 72.9 cm³/mol. The Hall–Kier alpha value is -0.790. The van der Waals surface area contributed by atoms with E-state index in [0.29, 0.717) is 12.5 Å². The lowest BCUT2D eigenvalue weighted by atomic mass is 9.96. The van der Waals surface area contributed by atoms with E-state index in [0.717, 1.165) is 12.8 Å². The lowest BCUT2D eigenvalue weighted by Crippen LogP contribution is -2.16. The highest BCUT2D eigenvalue weighted by Gasteiger charge is 2.15. The molecule has 0 spiro atoms. The summed E-state index contributed by atoms with van der Waals surface area (Å²) < 4.78 is 5.00. The largest absolute Gasteiger partial charge is 0.466 e. The summed E-state index contributed by atoms with van der Waals surface area (Å²) in [7, 11) is 0. The van der Waals surface area contributed by atoms with Crippen molar-refractivity contribution in [2.45, 2.75) is 59.8 Å². The second kappa shape index (κ2) is 10.4. The highest BCUT2D eigenvalue weighted by molar-refractivity contribution is 5.71. The van der Waals surface area contributed by atoms with Gasteiger partial charge in [-0.15, -0.1) is 0 Å². The van der Waals surface area contributed by atoms with E-state index in [9.17, 15) is 4.79 Å². The zero-order valence-electron chi connectivity index (χ0n) is 11.9. The molecule has 2 atom stereocenters. The van der Waals surface area contributed by atoms with Gasteiger partial charge in [-0.05, 0) is 32.1 Å². The Morgan fingerprint density at radius 1 is 1.24 bits per heavy atom. The number of ether oxygens (including phenoxy) is 1. The zero-order chi connectivity index (χ0) is 13.1. The normalized spacial score (nSPS) is 14.8. The predicted octanol–water partition coefficient (Wildman–Crippen LogP) is 4.35. The fourth-order valence-electron chi connectivity index (χ4n) is 1.86. The van der Waals surface area contributed by atoms with Crippen LogP contribution >= 0.6 is 0 Å². The van der Waals surface area contributed by atoms with Gasteiger partial charge < -0.3 is 4.74 Å². The van der Waals surface area contributed by atoms with Gasteiger partial charge in [0.15, 0.2) is 0 Å². The van der Waals surface area contributed by atoms with Gasteiger partial charge in [0.05, 0.1) is 12.5 Å². The molecule has 0 aromatic heterocycles. The van der Waals surface area contributed by atoms with Gasteiger partial charge in [0, 0.05) is 0 Å². The highest BCUT2D eigenvalue weighted by atomic mass is 16.5. The Morgan fingerprint density at radius 2 is 1.94 bits per heavy atom. The zero-order valence-corrected chi connectivity index (χ0v) is 11.9. The molecule has 0 amide bonds. The molecule has 0 aliphatic rings. The van der Waals surface area contributed by atoms with Gasteiger partial charge in [0.2, 0.25) is 0 Å². The van der Waals surface area contributed by atoms with Gasteiger partial charge in [-0.1, -0.05) is 45.8 Å². The monoisotopic (exact) mass is 240 g/mol. The van der Waals surface area contributed by atoms with E-state index in [-0.39, 0.29) is 11.9 Å². The number of hydrogen-bond donors (Lipinski definition) is 0. The first-order valence-corrected chi connectivity index (χ1v) is 6.95. The average molecular weight is 240 g/mol. The molecule has 0 bridgehead atoms. The van der Waals surface area contributed by atoms with Gasteiger partial charge in [0.1, 0.15) is 0 Å². The van der Waals surface area contributed by atoms with Crippen molar-refractivity contribution in [2.75, 3.05) is 6.61 Å². The molecular formula is C15H28O2. The summed E-state index contributed by atoms with van der Waals surface area (Å²) in [5.74, 6) is 0.389. The number of rotatable bonds is 9. The summed E-state index contributed by atoms with van der Waals surface area (Å²) in [4.78, 5) is 11.4. The van der Waals surface area contributed by atoms with Crippen molar-refractivity contribution in [3.05, 3.63) is 12.2 Å². The number of carbonyl (C=O) groups excluding carboxylic acids is 1. The molecule has 0 aromatic carbocycles. The van der Waals surface area contributed by atoms with E-state index in [4.69, 9.17) is 4.74 Å². The van der Waals surface area contributed by atoms with E-state index in [1.54, 1.807) is 0 Å². The van der Waals surface area contributed by atoms with Crippen LogP contribution < -0.4 is 0 Å². The van der Waals surface area contributed by atoms with Crippen LogP contribution in [0.3, 0.4) is 0 Å². The van der Waals surface area contributed by atoms with Crippen molar-refractivity contribution in [1.82, 2.24) is 0 Å². The standard InChI is InChI=1S/C15H28O2/c1-5-7-8-9-10-11-13(3)12-14(4)15(16)17-6-2/h10-11,13-14H,5-9,12H2,1-4H3/b11-10-. The minimum absolute atomic E-state index is 0.00485. The Morgan fingerprint density at radius 3 is 2.53 bits per heavy atom. The van der Waals surface area contributed by atoms with Crippen LogP contribution in [0.4, 0.5) is 0 Å². The number of unbranched alkanes of at least 4 members (excludes halogenated alkanes) is 3.